The second-order valence-corrected chi connectivity index (χ2v) is 7.05. The first kappa shape index (κ1) is 16.9. The van der Waals surface area contributed by atoms with Crippen LogP contribution in [0.5, 0.6) is 0 Å². The quantitative estimate of drug-likeness (QED) is 0.743. The molecule has 1 aromatic carbocycles. The normalized spacial score (nSPS) is 24.2. The van der Waals surface area contributed by atoms with E-state index in [2.05, 4.69) is 19.9 Å². The number of nitrogen functional groups attached to an aromatic ring is 1. The third kappa shape index (κ3) is 2.91. The molecule has 136 valence electrons. The first-order valence-electron chi connectivity index (χ1n) is 8.57. The zero-order valence-corrected chi connectivity index (χ0v) is 14.5. The number of fused-ring (bicyclic) bond motifs is 1. The van der Waals surface area contributed by atoms with Gasteiger partial charge in [-0.2, -0.15) is 0 Å². The van der Waals surface area contributed by atoms with E-state index in [1.165, 1.54) is 12.4 Å². The Morgan fingerprint density at radius 2 is 2.12 bits per heavy atom. The van der Waals surface area contributed by atoms with Gasteiger partial charge in [0.1, 0.15) is 17.7 Å². The van der Waals surface area contributed by atoms with Crippen molar-refractivity contribution in [3.63, 3.8) is 0 Å². The largest absolute Gasteiger partial charge is 0.387 e. The maximum Gasteiger partial charge on any atom is 0.165 e. The van der Waals surface area contributed by atoms with Gasteiger partial charge in [0.15, 0.2) is 11.5 Å². The van der Waals surface area contributed by atoms with Crippen LogP contribution in [0.15, 0.2) is 36.9 Å². The number of benzene rings is 1. The van der Waals surface area contributed by atoms with E-state index in [0.29, 0.717) is 42.1 Å². The first-order chi connectivity index (χ1) is 12.5. The fourth-order valence-corrected chi connectivity index (χ4v) is 3.79. The van der Waals surface area contributed by atoms with Crippen molar-refractivity contribution in [2.75, 3.05) is 18.8 Å². The second kappa shape index (κ2) is 6.30. The lowest BCUT2D eigenvalue weighted by atomic mass is 9.88. The van der Waals surface area contributed by atoms with Crippen LogP contribution in [0.4, 0.5) is 10.2 Å². The third-order valence-electron chi connectivity index (χ3n) is 5.05. The molecule has 3 heterocycles. The highest BCUT2D eigenvalue weighted by molar-refractivity contribution is 5.81. The van der Waals surface area contributed by atoms with E-state index in [1.807, 2.05) is 10.6 Å². The summed E-state index contributed by atoms with van der Waals surface area (Å²) >= 11 is 0. The van der Waals surface area contributed by atoms with Crippen molar-refractivity contribution in [1.29, 1.82) is 0 Å². The molecule has 3 aromatic rings. The minimum absolute atomic E-state index is 0.196. The number of hydrogen-bond donors (Lipinski definition) is 2. The molecule has 0 unspecified atom stereocenters. The molecule has 26 heavy (non-hydrogen) atoms. The standard InChI is InChI=1S/C18H21FN6O/c1-18(26)9-24(8-12-4-2-3-5-13(12)19)7-6-14(18)25-11-23-15-16(20)21-10-22-17(15)25/h2-5,10-11,14,26H,6-9H2,1H3,(H2,20,21,22)/t14-,18-/m1/s1. The fraction of sp³-hybridized carbons (Fsp3) is 0.389. The van der Waals surface area contributed by atoms with Crippen LogP contribution >= 0.6 is 0 Å². The van der Waals surface area contributed by atoms with Crippen LogP contribution in [0.2, 0.25) is 0 Å². The van der Waals surface area contributed by atoms with Gasteiger partial charge in [0.2, 0.25) is 0 Å². The minimum Gasteiger partial charge on any atom is -0.387 e. The predicted octanol–water partition coefficient (Wildman–Crippen LogP) is 1.75. The molecule has 4 rings (SSSR count). The van der Waals surface area contributed by atoms with Gasteiger partial charge in [-0.1, -0.05) is 18.2 Å². The Labute approximate surface area is 150 Å². The van der Waals surface area contributed by atoms with Crippen molar-refractivity contribution in [1.82, 2.24) is 24.4 Å². The molecular formula is C18H21FN6O. The van der Waals surface area contributed by atoms with Gasteiger partial charge in [-0.15, -0.1) is 0 Å². The minimum atomic E-state index is -1.02. The Morgan fingerprint density at radius 1 is 1.31 bits per heavy atom. The molecule has 0 aliphatic carbocycles. The zero-order valence-electron chi connectivity index (χ0n) is 14.5. The van der Waals surface area contributed by atoms with Crippen molar-refractivity contribution < 1.29 is 9.50 Å². The van der Waals surface area contributed by atoms with Crippen LogP contribution in [-0.2, 0) is 6.54 Å². The molecule has 1 aliphatic rings. The lowest BCUT2D eigenvalue weighted by Crippen LogP contribution is -2.52. The average Bonchev–Trinajstić information content (AvgIpc) is 3.01. The van der Waals surface area contributed by atoms with Crippen LogP contribution in [0.3, 0.4) is 0 Å². The lowest BCUT2D eigenvalue weighted by Gasteiger charge is -2.43. The summed E-state index contributed by atoms with van der Waals surface area (Å²) in [4.78, 5) is 14.6. The van der Waals surface area contributed by atoms with E-state index in [9.17, 15) is 9.50 Å². The molecule has 0 amide bonds. The summed E-state index contributed by atoms with van der Waals surface area (Å²) in [6.45, 7) is 3.42. The Kier molecular flexibility index (Phi) is 4.08. The summed E-state index contributed by atoms with van der Waals surface area (Å²) in [7, 11) is 0. The van der Waals surface area contributed by atoms with E-state index >= 15 is 0 Å². The number of nitrogens with two attached hydrogens (primary N) is 1. The topological polar surface area (TPSA) is 93.1 Å². The van der Waals surface area contributed by atoms with Gasteiger partial charge < -0.3 is 15.4 Å². The van der Waals surface area contributed by atoms with Crippen LogP contribution in [0, 0.1) is 5.82 Å². The molecule has 2 aromatic heterocycles. The highest BCUT2D eigenvalue weighted by Gasteiger charge is 2.40. The van der Waals surface area contributed by atoms with Crippen LogP contribution in [-0.4, -0.2) is 48.2 Å². The van der Waals surface area contributed by atoms with Crippen molar-refractivity contribution in [2.24, 2.45) is 0 Å². The molecule has 0 radical (unpaired) electrons. The van der Waals surface area contributed by atoms with E-state index in [1.54, 1.807) is 25.4 Å². The Hall–Kier alpha value is -2.58. The number of halogens is 1. The molecule has 0 bridgehead atoms. The number of piperidine rings is 1. The smallest absolute Gasteiger partial charge is 0.165 e. The highest BCUT2D eigenvalue weighted by atomic mass is 19.1. The van der Waals surface area contributed by atoms with Gasteiger partial charge in [-0.25, -0.2) is 19.3 Å². The maximum atomic E-state index is 13.9. The molecular weight excluding hydrogens is 335 g/mol. The summed E-state index contributed by atoms with van der Waals surface area (Å²) in [5.74, 6) is 0.104. The Balaban J connectivity index is 1.57. The van der Waals surface area contributed by atoms with E-state index in [4.69, 9.17) is 5.73 Å². The monoisotopic (exact) mass is 356 g/mol. The number of hydrogen-bond acceptors (Lipinski definition) is 6. The first-order valence-corrected chi connectivity index (χ1v) is 8.57. The second-order valence-electron chi connectivity index (χ2n) is 7.05. The molecule has 8 heteroatoms. The summed E-state index contributed by atoms with van der Waals surface area (Å²) in [6.07, 6.45) is 3.75. The zero-order chi connectivity index (χ0) is 18.3. The predicted molar refractivity (Wildman–Crippen MR) is 95.7 cm³/mol. The lowest BCUT2D eigenvalue weighted by molar-refractivity contribution is -0.0581. The van der Waals surface area contributed by atoms with E-state index in [-0.39, 0.29) is 11.9 Å². The number of anilines is 1. The SMILES string of the molecule is C[C@@]1(O)CN(Cc2ccccc2F)CC[C@H]1n1cnc2c(N)ncnc21. The molecule has 7 nitrogen and oxygen atoms in total. The van der Waals surface area contributed by atoms with Crippen molar-refractivity contribution >= 4 is 17.0 Å². The van der Waals surface area contributed by atoms with Crippen molar-refractivity contribution in [3.05, 3.63) is 48.3 Å². The molecule has 3 N–H and O–H groups in total. The molecule has 0 spiro atoms. The third-order valence-corrected chi connectivity index (χ3v) is 5.05. The van der Waals surface area contributed by atoms with Gasteiger partial charge in [0.25, 0.3) is 0 Å². The van der Waals surface area contributed by atoms with Crippen LogP contribution in [0.25, 0.3) is 11.2 Å². The fourth-order valence-electron chi connectivity index (χ4n) is 3.79. The van der Waals surface area contributed by atoms with Gasteiger partial charge in [0, 0.05) is 25.2 Å². The molecule has 1 saturated heterocycles. The summed E-state index contributed by atoms with van der Waals surface area (Å²) in [5, 5.41) is 11.1. The van der Waals surface area contributed by atoms with Gasteiger partial charge in [0.05, 0.1) is 18.0 Å². The Morgan fingerprint density at radius 3 is 2.88 bits per heavy atom. The summed E-state index contributed by atoms with van der Waals surface area (Å²) in [5.41, 5.74) is 6.63. The number of β-amino-alcohol motifs (C(OH)–C–C–N with tert-alkyl or cyclic N) is 1. The van der Waals surface area contributed by atoms with Crippen LogP contribution in [0.1, 0.15) is 24.9 Å². The summed E-state index contributed by atoms with van der Waals surface area (Å²) in [6, 6.07) is 6.55. The van der Waals surface area contributed by atoms with Crippen molar-refractivity contribution in [2.45, 2.75) is 31.5 Å². The van der Waals surface area contributed by atoms with Gasteiger partial charge in [-0.05, 0) is 19.4 Å². The van der Waals surface area contributed by atoms with E-state index < -0.39 is 5.60 Å². The number of nitrogens with zero attached hydrogens (tertiary/aromatic N) is 5. The molecule has 1 fully saturated rings. The number of aromatic nitrogens is 4. The van der Waals surface area contributed by atoms with E-state index in [0.717, 1.165) is 6.54 Å². The van der Waals surface area contributed by atoms with Gasteiger partial charge in [-0.3, -0.25) is 4.90 Å². The number of imidazole rings is 1. The van der Waals surface area contributed by atoms with Gasteiger partial charge >= 0.3 is 0 Å². The summed E-state index contributed by atoms with van der Waals surface area (Å²) < 4.78 is 15.8. The molecule has 0 saturated carbocycles. The average molecular weight is 356 g/mol. The highest BCUT2D eigenvalue weighted by Crippen LogP contribution is 2.34. The maximum absolute atomic E-state index is 13.9. The molecule has 2 atom stereocenters. The number of aliphatic hydroxyl groups is 1. The number of rotatable bonds is 3. The number of likely N-dealkylation sites (tertiary alicyclic amines) is 1. The van der Waals surface area contributed by atoms with Crippen molar-refractivity contribution in [3.8, 4) is 0 Å². The molecule has 1 aliphatic heterocycles. The Bertz CT molecular complexity index is 940. The van der Waals surface area contributed by atoms with Crippen LogP contribution < -0.4 is 5.73 Å².